The van der Waals surface area contributed by atoms with Gasteiger partial charge in [-0.15, -0.1) is 11.3 Å². The van der Waals surface area contributed by atoms with Gasteiger partial charge in [0.05, 0.1) is 19.8 Å². The van der Waals surface area contributed by atoms with Gasteiger partial charge in [0.2, 0.25) is 0 Å². The Morgan fingerprint density at radius 1 is 1.17 bits per heavy atom. The second kappa shape index (κ2) is 10.0. The molecule has 8 heteroatoms. The van der Waals surface area contributed by atoms with E-state index in [-0.39, 0.29) is 18.0 Å². The van der Waals surface area contributed by atoms with Crippen molar-refractivity contribution in [2.24, 2.45) is 0 Å². The van der Waals surface area contributed by atoms with E-state index in [2.05, 4.69) is 24.1 Å². The van der Waals surface area contributed by atoms with Gasteiger partial charge >= 0.3 is 6.03 Å². The number of hydrogen-bond donors (Lipinski definition) is 1. The molecule has 0 unspecified atom stereocenters. The summed E-state index contributed by atoms with van der Waals surface area (Å²) < 4.78 is 5.30. The van der Waals surface area contributed by atoms with Crippen LogP contribution in [0.25, 0.3) is 0 Å². The third-order valence-corrected chi connectivity index (χ3v) is 5.92. The summed E-state index contributed by atoms with van der Waals surface area (Å²) in [5.41, 5.74) is 2.43. The van der Waals surface area contributed by atoms with E-state index in [1.54, 1.807) is 15.2 Å². The molecule has 1 fully saturated rings. The fraction of sp³-hybridized carbons (Fsp3) is 0.500. The molecule has 3 amide bonds. The van der Waals surface area contributed by atoms with Crippen molar-refractivity contribution < 1.29 is 14.3 Å². The maximum atomic E-state index is 12.9. The smallest absolute Gasteiger partial charge is 0.322 e. The Morgan fingerprint density at radius 2 is 1.83 bits per heavy atom. The fourth-order valence-corrected chi connectivity index (χ4v) is 3.96. The molecule has 1 aromatic carbocycles. The van der Waals surface area contributed by atoms with Crippen molar-refractivity contribution in [3.63, 3.8) is 0 Å². The number of amides is 3. The van der Waals surface area contributed by atoms with Crippen LogP contribution in [-0.4, -0.2) is 59.1 Å². The first-order valence-electron chi connectivity index (χ1n) is 10.3. The first-order chi connectivity index (χ1) is 14.3. The monoisotopic (exact) mass is 430 g/mol. The fourth-order valence-electron chi connectivity index (χ4n) is 3.19. The number of aromatic nitrogens is 1. The zero-order valence-corrected chi connectivity index (χ0v) is 18.9. The average molecular weight is 431 g/mol. The minimum Gasteiger partial charge on any atom is -0.378 e. The van der Waals surface area contributed by atoms with Crippen molar-refractivity contribution in [3.05, 3.63) is 45.9 Å². The van der Waals surface area contributed by atoms with Crippen molar-refractivity contribution in [1.82, 2.24) is 14.8 Å². The molecule has 162 valence electrons. The second-order valence-corrected chi connectivity index (χ2v) is 8.90. The second-order valence-electron chi connectivity index (χ2n) is 7.96. The molecule has 0 saturated carbocycles. The minimum atomic E-state index is -0.182. The number of nitrogens with zero attached hydrogens (tertiary/aromatic N) is 3. The van der Waals surface area contributed by atoms with Crippen LogP contribution in [0.2, 0.25) is 0 Å². The van der Waals surface area contributed by atoms with Gasteiger partial charge in [0, 0.05) is 30.2 Å². The van der Waals surface area contributed by atoms with Crippen LogP contribution in [0.5, 0.6) is 0 Å². The molecule has 1 saturated heterocycles. The van der Waals surface area contributed by atoms with Gasteiger partial charge in [0.15, 0.2) is 0 Å². The number of thiazole rings is 1. The number of urea groups is 1. The van der Waals surface area contributed by atoms with Gasteiger partial charge in [0.25, 0.3) is 5.91 Å². The first kappa shape index (κ1) is 22.2. The summed E-state index contributed by atoms with van der Waals surface area (Å²) >= 11 is 1.40. The molecule has 1 aliphatic heterocycles. The third kappa shape index (κ3) is 5.58. The largest absolute Gasteiger partial charge is 0.378 e. The standard InChI is InChI=1S/C22H30N4O3S/c1-15(2)17-5-7-18(8-6-17)23-22(28)26(16(3)4)13-20-24-19(14-30-20)21(27)25-9-11-29-12-10-25/h5-8,14-16H,9-13H2,1-4H3,(H,23,28). The Kier molecular flexibility index (Phi) is 7.44. The van der Waals surface area contributed by atoms with Gasteiger partial charge < -0.3 is 19.9 Å². The number of morpholine rings is 1. The number of hydrogen-bond acceptors (Lipinski definition) is 5. The number of benzene rings is 1. The molecule has 0 atom stereocenters. The molecule has 1 N–H and O–H groups in total. The first-order valence-corrected chi connectivity index (χ1v) is 11.2. The highest BCUT2D eigenvalue weighted by Gasteiger charge is 2.23. The SMILES string of the molecule is CC(C)c1ccc(NC(=O)N(Cc2nc(C(=O)N3CCOCC3)cs2)C(C)C)cc1. The van der Waals surface area contributed by atoms with Gasteiger partial charge in [-0.1, -0.05) is 26.0 Å². The molecule has 1 aliphatic rings. The summed E-state index contributed by atoms with van der Waals surface area (Å²) in [5.74, 6) is 0.368. The number of carbonyl (C=O) groups is 2. The molecular formula is C22H30N4O3S. The normalized spacial score (nSPS) is 14.3. The summed E-state index contributed by atoms with van der Waals surface area (Å²) in [6.45, 7) is 10.9. The van der Waals surface area contributed by atoms with E-state index in [1.165, 1.54) is 16.9 Å². The molecule has 2 heterocycles. The van der Waals surface area contributed by atoms with Crippen LogP contribution in [0.3, 0.4) is 0 Å². The molecule has 3 rings (SSSR count). The molecule has 0 radical (unpaired) electrons. The van der Waals surface area contributed by atoms with Crippen molar-refractivity contribution in [1.29, 1.82) is 0 Å². The zero-order valence-electron chi connectivity index (χ0n) is 18.1. The quantitative estimate of drug-likeness (QED) is 0.746. The zero-order chi connectivity index (χ0) is 21.7. The molecule has 0 aliphatic carbocycles. The van der Waals surface area contributed by atoms with Crippen LogP contribution in [0.4, 0.5) is 10.5 Å². The van der Waals surface area contributed by atoms with Gasteiger partial charge in [0.1, 0.15) is 10.7 Å². The van der Waals surface area contributed by atoms with Crippen molar-refractivity contribution in [2.45, 2.75) is 46.2 Å². The molecule has 30 heavy (non-hydrogen) atoms. The van der Waals surface area contributed by atoms with Crippen LogP contribution < -0.4 is 5.32 Å². The maximum Gasteiger partial charge on any atom is 0.322 e. The van der Waals surface area contributed by atoms with Crippen molar-refractivity contribution in [2.75, 3.05) is 31.6 Å². The summed E-state index contributed by atoms with van der Waals surface area (Å²) in [4.78, 5) is 33.4. The van der Waals surface area contributed by atoms with E-state index < -0.39 is 0 Å². The lowest BCUT2D eigenvalue weighted by Crippen LogP contribution is -2.41. The van der Waals surface area contributed by atoms with E-state index in [9.17, 15) is 9.59 Å². The Labute approximate surface area is 182 Å². The van der Waals surface area contributed by atoms with Crippen molar-refractivity contribution >= 4 is 29.0 Å². The Balaban J connectivity index is 1.64. The summed E-state index contributed by atoms with van der Waals surface area (Å²) in [5, 5.41) is 5.48. The topological polar surface area (TPSA) is 74.8 Å². The van der Waals surface area contributed by atoms with Gasteiger partial charge in [-0.25, -0.2) is 9.78 Å². The summed E-state index contributed by atoms with van der Waals surface area (Å²) in [6, 6.07) is 7.72. The van der Waals surface area contributed by atoms with Crippen LogP contribution >= 0.6 is 11.3 Å². The van der Waals surface area contributed by atoms with E-state index >= 15 is 0 Å². The third-order valence-electron chi connectivity index (χ3n) is 5.09. The highest BCUT2D eigenvalue weighted by atomic mass is 32.1. The molecule has 0 spiro atoms. The Bertz CT molecular complexity index is 858. The molecular weight excluding hydrogens is 400 g/mol. The van der Waals surface area contributed by atoms with Crippen LogP contribution in [0, 0.1) is 0 Å². The number of anilines is 1. The average Bonchev–Trinajstić information content (AvgIpc) is 3.21. The molecule has 2 aromatic rings. The van der Waals surface area contributed by atoms with Crippen LogP contribution in [-0.2, 0) is 11.3 Å². The predicted octanol–water partition coefficient (Wildman–Crippen LogP) is 4.18. The number of nitrogens with one attached hydrogen (secondary N) is 1. The lowest BCUT2D eigenvalue weighted by atomic mass is 10.0. The number of ether oxygens (including phenoxy) is 1. The van der Waals surface area contributed by atoms with Crippen molar-refractivity contribution in [3.8, 4) is 0 Å². The van der Waals surface area contributed by atoms with E-state index in [0.29, 0.717) is 44.5 Å². The van der Waals surface area contributed by atoms with Crippen LogP contribution in [0.1, 0.15) is 54.7 Å². The Morgan fingerprint density at radius 3 is 2.43 bits per heavy atom. The lowest BCUT2D eigenvalue weighted by Gasteiger charge is -2.26. The van der Waals surface area contributed by atoms with E-state index in [0.717, 1.165) is 10.7 Å². The lowest BCUT2D eigenvalue weighted by molar-refractivity contribution is 0.0299. The predicted molar refractivity (Wildman–Crippen MR) is 119 cm³/mol. The minimum absolute atomic E-state index is 0.0118. The Hall–Kier alpha value is -2.45. The summed E-state index contributed by atoms with van der Waals surface area (Å²) in [6.07, 6.45) is 0. The highest BCUT2D eigenvalue weighted by molar-refractivity contribution is 7.09. The van der Waals surface area contributed by atoms with Gasteiger partial charge in [-0.2, -0.15) is 0 Å². The van der Waals surface area contributed by atoms with E-state index in [4.69, 9.17) is 4.74 Å². The highest BCUT2D eigenvalue weighted by Crippen LogP contribution is 2.20. The molecule has 1 aromatic heterocycles. The number of rotatable bonds is 6. The molecule has 0 bridgehead atoms. The molecule has 7 nitrogen and oxygen atoms in total. The summed E-state index contributed by atoms with van der Waals surface area (Å²) in [7, 11) is 0. The van der Waals surface area contributed by atoms with E-state index in [1.807, 2.05) is 38.1 Å². The number of carbonyl (C=O) groups excluding carboxylic acids is 2. The maximum absolute atomic E-state index is 12.9. The van der Waals surface area contributed by atoms with Gasteiger partial charge in [-0.3, -0.25) is 4.79 Å². The van der Waals surface area contributed by atoms with Crippen LogP contribution in [0.15, 0.2) is 29.6 Å². The van der Waals surface area contributed by atoms with Gasteiger partial charge in [-0.05, 0) is 37.5 Å².